The Bertz CT molecular complexity index is 478. The van der Waals surface area contributed by atoms with E-state index in [0.717, 1.165) is 38.4 Å². The first-order valence-corrected chi connectivity index (χ1v) is 7.54. The van der Waals surface area contributed by atoms with Crippen molar-refractivity contribution in [3.8, 4) is 0 Å². The van der Waals surface area contributed by atoms with Gasteiger partial charge < -0.3 is 10.0 Å². The first-order valence-electron chi connectivity index (χ1n) is 7.54. The summed E-state index contributed by atoms with van der Waals surface area (Å²) >= 11 is 0. The zero-order chi connectivity index (χ0) is 15.4. The Morgan fingerprint density at radius 3 is 2.48 bits per heavy atom. The maximum Gasteiger partial charge on any atom is 0.358 e. The second-order valence-electron chi connectivity index (χ2n) is 6.16. The highest BCUT2D eigenvalue weighted by Gasteiger charge is 2.20. The minimum atomic E-state index is -0.989. The Morgan fingerprint density at radius 2 is 1.90 bits per heavy atom. The standard InChI is InChI=1S/C14H25N5O2/c1-11(2)10-12-13(14(20)21)15-16-19(12)9-8-18-6-4-17(3)5-7-18/h11H,4-10H2,1-3H3,(H,20,21). The summed E-state index contributed by atoms with van der Waals surface area (Å²) in [5.41, 5.74) is 0.841. The molecular formula is C14H25N5O2. The summed E-state index contributed by atoms with van der Waals surface area (Å²) in [6.45, 7) is 10.0. The molecular weight excluding hydrogens is 270 g/mol. The van der Waals surface area contributed by atoms with E-state index >= 15 is 0 Å². The molecule has 7 nitrogen and oxygen atoms in total. The molecule has 21 heavy (non-hydrogen) atoms. The maximum absolute atomic E-state index is 11.2. The monoisotopic (exact) mass is 295 g/mol. The van der Waals surface area contributed by atoms with E-state index in [-0.39, 0.29) is 5.69 Å². The van der Waals surface area contributed by atoms with E-state index in [9.17, 15) is 9.90 Å². The predicted octanol–water partition coefficient (Wildman–Crippen LogP) is 0.422. The lowest BCUT2D eigenvalue weighted by Gasteiger charge is -2.32. The van der Waals surface area contributed by atoms with Gasteiger partial charge in [-0.25, -0.2) is 9.48 Å². The van der Waals surface area contributed by atoms with Crippen molar-refractivity contribution in [2.24, 2.45) is 5.92 Å². The van der Waals surface area contributed by atoms with Crippen LogP contribution in [0, 0.1) is 5.92 Å². The molecule has 1 N–H and O–H groups in total. The molecule has 1 aliphatic heterocycles. The van der Waals surface area contributed by atoms with Crippen LogP contribution in [0.1, 0.15) is 30.0 Å². The lowest BCUT2D eigenvalue weighted by Crippen LogP contribution is -2.45. The van der Waals surface area contributed by atoms with Crippen molar-refractivity contribution in [2.45, 2.75) is 26.8 Å². The fraction of sp³-hybridized carbons (Fsp3) is 0.786. The highest BCUT2D eigenvalue weighted by Crippen LogP contribution is 2.12. The minimum absolute atomic E-state index is 0.0991. The average molecular weight is 295 g/mol. The Hall–Kier alpha value is -1.47. The molecule has 0 spiro atoms. The van der Waals surface area contributed by atoms with Crippen molar-refractivity contribution >= 4 is 5.97 Å². The second-order valence-corrected chi connectivity index (χ2v) is 6.16. The molecule has 0 bridgehead atoms. The third kappa shape index (κ3) is 4.25. The second kappa shape index (κ2) is 7.00. The number of nitrogens with zero attached hydrogens (tertiary/aromatic N) is 5. The molecule has 1 saturated heterocycles. The van der Waals surface area contributed by atoms with Gasteiger partial charge in [0.1, 0.15) is 0 Å². The van der Waals surface area contributed by atoms with Crippen LogP contribution in [-0.2, 0) is 13.0 Å². The number of likely N-dealkylation sites (N-methyl/N-ethyl adjacent to an activating group) is 1. The van der Waals surface area contributed by atoms with Crippen LogP contribution in [0.2, 0.25) is 0 Å². The van der Waals surface area contributed by atoms with E-state index in [1.54, 1.807) is 4.68 Å². The number of hydrogen-bond donors (Lipinski definition) is 1. The van der Waals surface area contributed by atoms with Gasteiger partial charge >= 0.3 is 5.97 Å². The van der Waals surface area contributed by atoms with Gasteiger partial charge in [0.15, 0.2) is 5.69 Å². The molecule has 1 aromatic rings. The number of aromatic nitrogens is 3. The number of piperazine rings is 1. The molecule has 7 heteroatoms. The van der Waals surface area contributed by atoms with Crippen molar-refractivity contribution in [3.05, 3.63) is 11.4 Å². The summed E-state index contributed by atoms with van der Waals surface area (Å²) in [6, 6.07) is 0. The third-order valence-electron chi connectivity index (χ3n) is 3.87. The normalized spacial score (nSPS) is 17.5. The van der Waals surface area contributed by atoms with Crippen LogP contribution in [0.4, 0.5) is 0 Å². The van der Waals surface area contributed by atoms with Gasteiger partial charge in [0.05, 0.1) is 12.2 Å². The highest BCUT2D eigenvalue weighted by molar-refractivity contribution is 5.86. The average Bonchev–Trinajstić information content (AvgIpc) is 2.80. The quantitative estimate of drug-likeness (QED) is 0.820. The molecule has 1 aliphatic rings. The summed E-state index contributed by atoms with van der Waals surface area (Å²) in [5, 5.41) is 17.1. The van der Waals surface area contributed by atoms with Crippen LogP contribution in [0.3, 0.4) is 0 Å². The molecule has 0 atom stereocenters. The molecule has 118 valence electrons. The van der Waals surface area contributed by atoms with Crippen molar-refractivity contribution in [1.82, 2.24) is 24.8 Å². The molecule has 0 aliphatic carbocycles. The van der Waals surface area contributed by atoms with Gasteiger partial charge in [0.25, 0.3) is 0 Å². The Labute approximate surface area is 125 Å². The van der Waals surface area contributed by atoms with Gasteiger partial charge in [0.2, 0.25) is 0 Å². The number of rotatable bonds is 6. The maximum atomic E-state index is 11.2. The van der Waals surface area contributed by atoms with Gasteiger partial charge in [-0.3, -0.25) is 4.90 Å². The summed E-state index contributed by atoms with van der Waals surface area (Å²) in [5.74, 6) is -0.611. The fourth-order valence-electron chi connectivity index (χ4n) is 2.57. The number of carboxylic acid groups (broad SMARTS) is 1. The predicted molar refractivity (Wildman–Crippen MR) is 79.5 cm³/mol. The van der Waals surface area contributed by atoms with Crippen molar-refractivity contribution in [1.29, 1.82) is 0 Å². The van der Waals surface area contributed by atoms with Gasteiger partial charge in [-0.05, 0) is 19.4 Å². The molecule has 0 unspecified atom stereocenters. The van der Waals surface area contributed by atoms with Crippen molar-refractivity contribution < 1.29 is 9.90 Å². The lowest BCUT2D eigenvalue weighted by molar-refractivity contribution is 0.0689. The van der Waals surface area contributed by atoms with Crippen LogP contribution in [0.15, 0.2) is 0 Å². The van der Waals surface area contributed by atoms with E-state index in [0.29, 0.717) is 18.9 Å². The van der Waals surface area contributed by atoms with Crippen molar-refractivity contribution in [2.75, 3.05) is 39.8 Å². The first-order chi connectivity index (χ1) is 9.97. The Balaban J connectivity index is 2.00. The zero-order valence-electron chi connectivity index (χ0n) is 13.1. The van der Waals surface area contributed by atoms with Gasteiger partial charge in [-0.15, -0.1) is 5.10 Å². The Kier molecular flexibility index (Phi) is 5.30. The third-order valence-corrected chi connectivity index (χ3v) is 3.87. The number of aromatic carboxylic acids is 1. The largest absolute Gasteiger partial charge is 0.476 e. The van der Waals surface area contributed by atoms with Gasteiger partial charge in [0, 0.05) is 32.7 Å². The van der Waals surface area contributed by atoms with Crippen LogP contribution in [0.5, 0.6) is 0 Å². The number of carbonyl (C=O) groups is 1. The lowest BCUT2D eigenvalue weighted by atomic mass is 10.1. The summed E-state index contributed by atoms with van der Waals surface area (Å²) in [7, 11) is 2.13. The molecule has 0 saturated carbocycles. The fourth-order valence-corrected chi connectivity index (χ4v) is 2.57. The van der Waals surface area contributed by atoms with E-state index in [4.69, 9.17) is 0 Å². The smallest absolute Gasteiger partial charge is 0.358 e. The van der Waals surface area contributed by atoms with Crippen LogP contribution in [0.25, 0.3) is 0 Å². The van der Waals surface area contributed by atoms with Crippen LogP contribution >= 0.6 is 0 Å². The first kappa shape index (κ1) is 15.9. The van der Waals surface area contributed by atoms with Crippen LogP contribution in [-0.4, -0.2) is 75.6 Å². The SMILES string of the molecule is CC(C)Cc1c(C(=O)O)nnn1CCN1CCN(C)CC1. The Morgan fingerprint density at radius 1 is 1.24 bits per heavy atom. The molecule has 0 aromatic carbocycles. The van der Waals surface area contributed by atoms with E-state index < -0.39 is 5.97 Å². The summed E-state index contributed by atoms with van der Waals surface area (Å²) < 4.78 is 1.77. The minimum Gasteiger partial charge on any atom is -0.476 e. The number of carboxylic acids is 1. The van der Waals surface area contributed by atoms with E-state index in [1.165, 1.54) is 0 Å². The summed E-state index contributed by atoms with van der Waals surface area (Å²) in [6.07, 6.45) is 0.692. The van der Waals surface area contributed by atoms with E-state index in [1.807, 2.05) is 0 Å². The molecule has 2 heterocycles. The molecule has 1 fully saturated rings. The van der Waals surface area contributed by atoms with Crippen LogP contribution < -0.4 is 0 Å². The topological polar surface area (TPSA) is 74.5 Å². The summed E-state index contributed by atoms with van der Waals surface area (Å²) in [4.78, 5) is 15.9. The van der Waals surface area contributed by atoms with E-state index in [2.05, 4.69) is 41.0 Å². The van der Waals surface area contributed by atoms with Gasteiger partial charge in [-0.2, -0.15) is 0 Å². The highest BCUT2D eigenvalue weighted by atomic mass is 16.4. The zero-order valence-corrected chi connectivity index (χ0v) is 13.1. The molecule has 2 rings (SSSR count). The number of hydrogen-bond acceptors (Lipinski definition) is 5. The van der Waals surface area contributed by atoms with Gasteiger partial charge in [-0.1, -0.05) is 19.1 Å². The molecule has 1 aromatic heterocycles. The molecule has 0 amide bonds. The molecule has 0 radical (unpaired) electrons. The van der Waals surface area contributed by atoms with Crippen molar-refractivity contribution in [3.63, 3.8) is 0 Å².